The largest absolute Gasteiger partial charge is 0.496 e. The minimum atomic E-state index is -0.0366. The second-order valence-corrected chi connectivity index (χ2v) is 5.40. The Hall–Kier alpha value is -2.43. The van der Waals surface area contributed by atoms with Crippen LogP contribution in [0.3, 0.4) is 0 Å². The number of nitrogens with zero attached hydrogens (tertiary/aromatic N) is 3. The van der Waals surface area contributed by atoms with E-state index in [0.717, 1.165) is 37.1 Å². The van der Waals surface area contributed by atoms with Crippen molar-refractivity contribution in [3.8, 4) is 5.75 Å². The van der Waals surface area contributed by atoms with Gasteiger partial charge in [0, 0.05) is 25.0 Å². The molecule has 2 aromatic rings. The highest BCUT2D eigenvalue weighted by Gasteiger charge is 2.30. The Kier molecular flexibility index (Phi) is 4.32. The third-order valence-corrected chi connectivity index (χ3v) is 4.07. The van der Waals surface area contributed by atoms with E-state index in [1.54, 1.807) is 19.5 Å². The van der Waals surface area contributed by atoms with Crippen molar-refractivity contribution >= 4 is 5.91 Å². The molecular weight excluding hydrogens is 278 g/mol. The second kappa shape index (κ2) is 6.56. The van der Waals surface area contributed by atoms with Gasteiger partial charge in [0.25, 0.3) is 5.91 Å². The third kappa shape index (κ3) is 2.93. The van der Waals surface area contributed by atoms with Gasteiger partial charge in [0.2, 0.25) is 0 Å². The van der Waals surface area contributed by atoms with Crippen LogP contribution in [0, 0.1) is 0 Å². The van der Waals surface area contributed by atoms with Crippen molar-refractivity contribution in [2.75, 3.05) is 13.7 Å². The molecule has 1 aromatic heterocycles. The summed E-state index contributed by atoms with van der Waals surface area (Å²) in [5.74, 6) is 0.840. The minimum absolute atomic E-state index is 0.0366. The molecule has 1 fully saturated rings. The number of carbonyl (C=O) groups is 1. The Labute approximate surface area is 130 Å². The number of carbonyl (C=O) groups excluding carboxylic acids is 1. The number of methoxy groups -OCH3 is 1. The molecular formula is C17H19N3O2. The molecule has 0 radical (unpaired) electrons. The first-order valence-electron chi connectivity index (χ1n) is 7.48. The fraction of sp³-hybridized carbons (Fsp3) is 0.353. The van der Waals surface area contributed by atoms with Crippen LogP contribution in [0.1, 0.15) is 28.9 Å². The van der Waals surface area contributed by atoms with E-state index in [0.29, 0.717) is 5.69 Å². The summed E-state index contributed by atoms with van der Waals surface area (Å²) < 4.78 is 5.41. The van der Waals surface area contributed by atoms with Crippen LogP contribution in [0.25, 0.3) is 0 Å². The predicted molar refractivity (Wildman–Crippen MR) is 82.8 cm³/mol. The molecule has 0 aliphatic carbocycles. The maximum Gasteiger partial charge on any atom is 0.274 e. The number of ether oxygens (including phenoxy) is 1. The van der Waals surface area contributed by atoms with Gasteiger partial charge in [0.05, 0.1) is 13.3 Å². The summed E-state index contributed by atoms with van der Waals surface area (Å²) >= 11 is 0. The van der Waals surface area contributed by atoms with E-state index in [4.69, 9.17) is 4.74 Å². The molecule has 5 nitrogen and oxygen atoms in total. The van der Waals surface area contributed by atoms with Crippen LogP contribution >= 0.6 is 0 Å². The Morgan fingerprint density at radius 2 is 2.23 bits per heavy atom. The van der Waals surface area contributed by atoms with Gasteiger partial charge in [0.1, 0.15) is 11.4 Å². The van der Waals surface area contributed by atoms with Crippen molar-refractivity contribution < 1.29 is 9.53 Å². The summed E-state index contributed by atoms with van der Waals surface area (Å²) in [5, 5.41) is 0. The van der Waals surface area contributed by atoms with Crippen molar-refractivity contribution in [3.05, 3.63) is 54.1 Å². The standard InChI is InChI=1S/C17H19N3O2/c1-22-16-7-3-2-5-13(16)11-14-6-4-10-20(14)17(21)15-12-18-8-9-19-15/h2-3,5,7-9,12,14H,4,6,10-11H2,1H3/t14-/m0/s1. The van der Waals surface area contributed by atoms with Crippen LogP contribution in [0.4, 0.5) is 0 Å². The van der Waals surface area contributed by atoms with E-state index >= 15 is 0 Å². The van der Waals surface area contributed by atoms with Gasteiger partial charge in [-0.2, -0.15) is 0 Å². The molecule has 0 bridgehead atoms. The normalized spacial score (nSPS) is 17.5. The zero-order valence-corrected chi connectivity index (χ0v) is 12.6. The van der Waals surface area contributed by atoms with Gasteiger partial charge in [0.15, 0.2) is 0 Å². The molecule has 0 spiro atoms. The maximum atomic E-state index is 12.6. The molecule has 0 unspecified atom stereocenters. The van der Waals surface area contributed by atoms with Gasteiger partial charge >= 0.3 is 0 Å². The van der Waals surface area contributed by atoms with Gasteiger partial charge in [-0.1, -0.05) is 18.2 Å². The van der Waals surface area contributed by atoms with Crippen LogP contribution in [-0.2, 0) is 6.42 Å². The maximum absolute atomic E-state index is 12.6. The Morgan fingerprint density at radius 3 is 3.00 bits per heavy atom. The number of rotatable bonds is 4. The fourth-order valence-corrected chi connectivity index (χ4v) is 3.00. The summed E-state index contributed by atoms with van der Waals surface area (Å²) in [5.41, 5.74) is 1.54. The fourth-order valence-electron chi connectivity index (χ4n) is 3.00. The van der Waals surface area contributed by atoms with E-state index < -0.39 is 0 Å². The van der Waals surface area contributed by atoms with Crippen molar-refractivity contribution in [1.29, 1.82) is 0 Å². The van der Waals surface area contributed by atoms with Gasteiger partial charge in [-0.15, -0.1) is 0 Å². The molecule has 1 aromatic carbocycles. The van der Waals surface area contributed by atoms with E-state index in [9.17, 15) is 4.79 Å². The summed E-state index contributed by atoms with van der Waals surface area (Å²) in [6.45, 7) is 0.773. The lowest BCUT2D eigenvalue weighted by Crippen LogP contribution is -2.37. The Balaban J connectivity index is 1.77. The van der Waals surface area contributed by atoms with Crippen LogP contribution in [0.2, 0.25) is 0 Å². The minimum Gasteiger partial charge on any atom is -0.496 e. The van der Waals surface area contributed by atoms with Gasteiger partial charge < -0.3 is 9.64 Å². The highest BCUT2D eigenvalue weighted by atomic mass is 16.5. The molecule has 3 rings (SSSR count). The van der Waals surface area contributed by atoms with Crippen LogP contribution in [-0.4, -0.2) is 40.5 Å². The van der Waals surface area contributed by atoms with Crippen LogP contribution in [0.5, 0.6) is 5.75 Å². The smallest absolute Gasteiger partial charge is 0.274 e. The highest BCUT2D eigenvalue weighted by Crippen LogP contribution is 2.26. The number of likely N-dealkylation sites (tertiary alicyclic amines) is 1. The molecule has 5 heteroatoms. The average Bonchev–Trinajstić information content (AvgIpc) is 3.03. The quantitative estimate of drug-likeness (QED) is 0.869. The lowest BCUT2D eigenvalue weighted by Gasteiger charge is -2.25. The Bertz CT molecular complexity index is 645. The van der Waals surface area contributed by atoms with Crippen molar-refractivity contribution in [1.82, 2.24) is 14.9 Å². The molecule has 1 amide bonds. The second-order valence-electron chi connectivity index (χ2n) is 5.40. The lowest BCUT2D eigenvalue weighted by atomic mass is 10.0. The topological polar surface area (TPSA) is 55.3 Å². The van der Waals surface area contributed by atoms with Crippen molar-refractivity contribution in [2.45, 2.75) is 25.3 Å². The monoisotopic (exact) mass is 297 g/mol. The molecule has 1 aliphatic rings. The first-order valence-corrected chi connectivity index (χ1v) is 7.48. The van der Waals surface area contributed by atoms with Crippen LogP contribution < -0.4 is 4.74 Å². The molecule has 1 aliphatic heterocycles. The molecule has 2 heterocycles. The Morgan fingerprint density at radius 1 is 1.36 bits per heavy atom. The SMILES string of the molecule is COc1ccccc1C[C@@H]1CCCN1C(=O)c1cnccn1. The van der Waals surface area contributed by atoms with E-state index in [1.165, 1.54) is 6.20 Å². The van der Waals surface area contributed by atoms with E-state index in [1.807, 2.05) is 23.1 Å². The van der Waals surface area contributed by atoms with Gasteiger partial charge in [-0.3, -0.25) is 9.78 Å². The first-order chi connectivity index (χ1) is 10.8. The molecule has 1 atom stereocenters. The summed E-state index contributed by atoms with van der Waals surface area (Å²) in [6, 6.07) is 8.16. The average molecular weight is 297 g/mol. The number of amides is 1. The van der Waals surface area contributed by atoms with Gasteiger partial charge in [-0.05, 0) is 30.9 Å². The number of para-hydroxylation sites is 1. The third-order valence-electron chi connectivity index (χ3n) is 4.07. The molecule has 1 saturated heterocycles. The van der Waals surface area contributed by atoms with Crippen LogP contribution in [0.15, 0.2) is 42.9 Å². The summed E-state index contributed by atoms with van der Waals surface area (Å²) in [4.78, 5) is 22.6. The van der Waals surface area contributed by atoms with E-state index in [2.05, 4.69) is 16.0 Å². The zero-order valence-electron chi connectivity index (χ0n) is 12.6. The first kappa shape index (κ1) is 14.5. The molecule has 114 valence electrons. The number of hydrogen-bond donors (Lipinski definition) is 0. The summed E-state index contributed by atoms with van der Waals surface area (Å²) in [6.07, 6.45) is 7.48. The lowest BCUT2D eigenvalue weighted by molar-refractivity contribution is 0.0729. The van der Waals surface area contributed by atoms with E-state index in [-0.39, 0.29) is 11.9 Å². The molecule has 22 heavy (non-hydrogen) atoms. The van der Waals surface area contributed by atoms with Crippen molar-refractivity contribution in [3.63, 3.8) is 0 Å². The number of aromatic nitrogens is 2. The highest BCUT2D eigenvalue weighted by molar-refractivity contribution is 5.92. The van der Waals surface area contributed by atoms with Gasteiger partial charge in [-0.25, -0.2) is 4.98 Å². The number of benzene rings is 1. The molecule has 0 saturated carbocycles. The summed E-state index contributed by atoms with van der Waals surface area (Å²) in [7, 11) is 1.68. The van der Waals surface area contributed by atoms with Crippen molar-refractivity contribution in [2.24, 2.45) is 0 Å². The number of hydrogen-bond acceptors (Lipinski definition) is 4. The zero-order chi connectivity index (χ0) is 15.4. The molecule has 0 N–H and O–H groups in total. The predicted octanol–water partition coefficient (Wildman–Crippen LogP) is 2.33.